The molecule has 1 saturated heterocycles. The number of ether oxygens (including phenoxy) is 2. The maximum Gasteiger partial charge on any atom is 0.338 e. The van der Waals surface area contributed by atoms with Crippen LogP contribution in [-0.4, -0.2) is 37.4 Å². The molecule has 0 radical (unpaired) electrons. The third-order valence-electron chi connectivity index (χ3n) is 6.24. The van der Waals surface area contributed by atoms with Crippen molar-refractivity contribution >= 4 is 35.1 Å². The van der Waals surface area contributed by atoms with Crippen molar-refractivity contribution in [3.63, 3.8) is 0 Å². The summed E-state index contributed by atoms with van der Waals surface area (Å²) in [6, 6.07) is 12.9. The molecule has 1 saturated carbocycles. The zero-order chi connectivity index (χ0) is 23.5. The maximum atomic E-state index is 12.8. The van der Waals surface area contributed by atoms with E-state index in [0.717, 1.165) is 19.3 Å². The topological polar surface area (TPSA) is 102 Å². The highest BCUT2D eigenvalue weighted by Gasteiger charge is 2.49. The van der Waals surface area contributed by atoms with Crippen LogP contribution in [0.1, 0.15) is 36.5 Å². The highest BCUT2D eigenvalue weighted by atomic mass is 16.5. The first-order valence-corrected chi connectivity index (χ1v) is 11.0. The number of carbonyl (C=O) groups is 4. The van der Waals surface area contributed by atoms with Gasteiger partial charge in [-0.3, -0.25) is 19.3 Å². The van der Waals surface area contributed by atoms with Gasteiger partial charge in [0.25, 0.3) is 5.91 Å². The van der Waals surface area contributed by atoms with Gasteiger partial charge in [-0.25, -0.2) is 4.79 Å². The number of carbonyl (C=O) groups excluding carboxylic acids is 4. The van der Waals surface area contributed by atoms with E-state index in [1.54, 1.807) is 36.4 Å². The van der Waals surface area contributed by atoms with E-state index in [-0.39, 0.29) is 29.2 Å². The lowest BCUT2D eigenvalue weighted by atomic mass is 9.76. The molecule has 4 rings (SSSR count). The summed E-state index contributed by atoms with van der Waals surface area (Å²) in [7, 11) is 1.52. The van der Waals surface area contributed by atoms with Gasteiger partial charge >= 0.3 is 5.97 Å². The number of nitrogens with zero attached hydrogens (tertiary/aromatic N) is 1. The van der Waals surface area contributed by atoms with Crippen LogP contribution in [0, 0.1) is 17.8 Å². The minimum Gasteiger partial charge on any atom is -0.497 e. The molecule has 0 spiro atoms. The van der Waals surface area contributed by atoms with Crippen molar-refractivity contribution in [3.8, 4) is 5.75 Å². The minimum atomic E-state index is -0.677. The number of esters is 1. The Morgan fingerprint density at radius 3 is 2.48 bits per heavy atom. The molecule has 8 nitrogen and oxygen atoms in total. The Balaban J connectivity index is 1.35. The fourth-order valence-corrected chi connectivity index (χ4v) is 4.50. The van der Waals surface area contributed by atoms with Crippen LogP contribution < -0.4 is 15.0 Å². The number of nitrogens with one attached hydrogen (secondary N) is 1. The smallest absolute Gasteiger partial charge is 0.338 e. The number of fused-ring (bicyclic) bond motifs is 1. The molecule has 3 atom stereocenters. The van der Waals surface area contributed by atoms with Gasteiger partial charge in [-0.1, -0.05) is 13.0 Å². The number of rotatable bonds is 6. The van der Waals surface area contributed by atoms with Crippen LogP contribution >= 0.6 is 0 Å². The van der Waals surface area contributed by atoms with Gasteiger partial charge in [0.05, 0.1) is 30.2 Å². The number of amides is 3. The second-order valence-corrected chi connectivity index (χ2v) is 8.55. The normalized spacial score (nSPS) is 22.0. The molecule has 2 fully saturated rings. The van der Waals surface area contributed by atoms with Crippen LogP contribution in [0.15, 0.2) is 48.5 Å². The van der Waals surface area contributed by atoms with Gasteiger partial charge in [0.15, 0.2) is 6.61 Å². The second kappa shape index (κ2) is 9.44. The van der Waals surface area contributed by atoms with E-state index in [4.69, 9.17) is 9.47 Å². The molecule has 1 aliphatic carbocycles. The highest BCUT2D eigenvalue weighted by molar-refractivity contribution is 6.22. The van der Waals surface area contributed by atoms with Gasteiger partial charge in [-0.15, -0.1) is 0 Å². The van der Waals surface area contributed by atoms with E-state index in [1.807, 2.05) is 0 Å². The lowest BCUT2D eigenvalue weighted by Crippen LogP contribution is -2.30. The van der Waals surface area contributed by atoms with E-state index in [2.05, 4.69) is 12.2 Å². The van der Waals surface area contributed by atoms with Gasteiger partial charge in [-0.2, -0.15) is 0 Å². The molecule has 8 heteroatoms. The molecule has 2 aromatic rings. The molecule has 1 aliphatic heterocycles. The van der Waals surface area contributed by atoms with Crippen molar-refractivity contribution in [1.82, 2.24) is 0 Å². The van der Waals surface area contributed by atoms with E-state index < -0.39 is 18.5 Å². The summed E-state index contributed by atoms with van der Waals surface area (Å²) in [5.74, 6) is -0.977. The van der Waals surface area contributed by atoms with Crippen LogP contribution in [0.2, 0.25) is 0 Å². The molecule has 2 aliphatic rings. The van der Waals surface area contributed by atoms with Crippen LogP contribution in [0.3, 0.4) is 0 Å². The summed E-state index contributed by atoms with van der Waals surface area (Å²) < 4.78 is 10.2. The van der Waals surface area contributed by atoms with Crippen molar-refractivity contribution in [3.05, 3.63) is 54.1 Å². The van der Waals surface area contributed by atoms with Crippen LogP contribution in [0.4, 0.5) is 11.4 Å². The van der Waals surface area contributed by atoms with Gasteiger partial charge in [0.1, 0.15) is 5.75 Å². The number of benzene rings is 2. The van der Waals surface area contributed by atoms with E-state index in [9.17, 15) is 19.2 Å². The molecule has 33 heavy (non-hydrogen) atoms. The first-order valence-electron chi connectivity index (χ1n) is 11.0. The van der Waals surface area contributed by atoms with E-state index >= 15 is 0 Å². The molecule has 0 bridgehead atoms. The Kier molecular flexibility index (Phi) is 6.44. The van der Waals surface area contributed by atoms with Crippen molar-refractivity contribution in [2.24, 2.45) is 17.8 Å². The molecule has 172 valence electrons. The Labute approximate surface area is 191 Å². The number of anilines is 2. The standard InChI is InChI=1S/C25H26N2O6/c1-15-6-11-20-21(12-15)24(30)27(23(20)29)18-9-7-16(8-10-18)25(31)33-14-22(28)26-17-4-3-5-19(13-17)32-2/h3-5,7-10,13,15,20-21H,6,11-12,14H2,1-2H3,(H,26,28)/t15-,20+,21-/m0/s1. The predicted octanol–water partition coefficient (Wildman–Crippen LogP) is 3.42. The maximum absolute atomic E-state index is 12.8. The molecule has 1 heterocycles. The SMILES string of the molecule is COc1cccc(NC(=O)COC(=O)c2ccc(N3C(=O)[C@H]4C[C@@H](C)CC[C@H]4C3=O)cc2)c1. The summed E-state index contributed by atoms with van der Waals surface area (Å²) in [5.41, 5.74) is 1.19. The Hall–Kier alpha value is -3.68. The van der Waals surface area contributed by atoms with Crippen molar-refractivity contribution in [2.75, 3.05) is 23.9 Å². The van der Waals surface area contributed by atoms with Gasteiger partial charge in [-0.05, 0) is 61.6 Å². The fraction of sp³-hybridized carbons (Fsp3) is 0.360. The second-order valence-electron chi connectivity index (χ2n) is 8.55. The predicted molar refractivity (Wildman–Crippen MR) is 121 cm³/mol. The number of imide groups is 1. The van der Waals surface area contributed by atoms with Crippen LogP contribution in [-0.2, 0) is 19.1 Å². The van der Waals surface area contributed by atoms with Crippen molar-refractivity contribution in [2.45, 2.75) is 26.2 Å². The molecular weight excluding hydrogens is 424 g/mol. The Morgan fingerprint density at radius 1 is 1.03 bits per heavy atom. The van der Waals surface area contributed by atoms with Crippen molar-refractivity contribution in [1.29, 1.82) is 0 Å². The molecule has 0 unspecified atom stereocenters. The Bertz CT molecular complexity index is 1080. The van der Waals surface area contributed by atoms with E-state index in [1.165, 1.54) is 24.1 Å². The third-order valence-corrected chi connectivity index (χ3v) is 6.24. The first-order chi connectivity index (χ1) is 15.9. The average molecular weight is 450 g/mol. The molecular formula is C25H26N2O6. The number of hydrogen-bond donors (Lipinski definition) is 1. The molecule has 0 aromatic heterocycles. The van der Waals surface area contributed by atoms with Gasteiger partial charge in [0.2, 0.25) is 11.8 Å². The quantitative estimate of drug-likeness (QED) is 0.535. The lowest BCUT2D eigenvalue weighted by Gasteiger charge is -2.25. The first kappa shape index (κ1) is 22.5. The number of hydrogen-bond acceptors (Lipinski definition) is 6. The summed E-state index contributed by atoms with van der Waals surface area (Å²) in [5, 5.41) is 2.63. The fourth-order valence-electron chi connectivity index (χ4n) is 4.50. The largest absolute Gasteiger partial charge is 0.497 e. The highest BCUT2D eigenvalue weighted by Crippen LogP contribution is 2.42. The molecule has 3 amide bonds. The van der Waals surface area contributed by atoms with Crippen LogP contribution in [0.5, 0.6) is 5.75 Å². The molecule has 2 aromatic carbocycles. The summed E-state index contributed by atoms with van der Waals surface area (Å²) in [6.07, 6.45) is 2.41. The summed E-state index contributed by atoms with van der Waals surface area (Å²) >= 11 is 0. The Morgan fingerprint density at radius 2 is 1.76 bits per heavy atom. The van der Waals surface area contributed by atoms with E-state index in [0.29, 0.717) is 23.0 Å². The van der Waals surface area contributed by atoms with Crippen LogP contribution in [0.25, 0.3) is 0 Å². The zero-order valence-electron chi connectivity index (χ0n) is 18.6. The van der Waals surface area contributed by atoms with Crippen molar-refractivity contribution < 1.29 is 28.7 Å². The zero-order valence-corrected chi connectivity index (χ0v) is 18.6. The average Bonchev–Trinajstić information content (AvgIpc) is 3.06. The van der Waals surface area contributed by atoms with Gasteiger partial charge in [0, 0.05) is 11.8 Å². The monoisotopic (exact) mass is 450 g/mol. The lowest BCUT2D eigenvalue weighted by molar-refractivity contribution is -0.122. The van der Waals surface area contributed by atoms with Gasteiger partial charge < -0.3 is 14.8 Å². The third kappa shape index (κ3) is 4.74. The minimum absolute atomic E-state index is 0.165. The molecule has 1 N–H and O–H groups in total. The summed E-state index contributed by atoms with van der Waals surface area (Å²) in [6.45, 7) is 1.65. The summed E-state index contributed by atoms with van der Waals surface area (Å²) in [4.78, 5) is 51.3. The number of methoxy groups -OCH3 is 1.